The highest BCUT2D eigenvalue weighted by Crippen LogP contribution is 2.50. The first kappa shape index (κ1) is 13.3. The quantitative estimate of drug-likeness (QED) is 0.929. The van der Waals surface area contributed by atoms with Crippen molar-refractivity contribution in [1.82, 2.24) is 0 Å². The first-order chi connectivity index (χ1) is 8.44. The average molecular weight is 317 g/mol. The van der Waals surface area contributed by atoms with E-state index in [1.165, 1.54) is 13.2 Å². The molecule has 5 heteroatoms. The van der Waals surface area contributed by atoms with E-state index in [0.29, 0.717) is 22.9 Å². The van der Waals surface area contributed by atoms with Crippen molar-refractivity contribution in [2.75, 3.05) is 7.11 Å². The van der Waals surface area contributed by atoms with Crippen molar-refractivity contribution in [3.8, 4) is 5.75 Å². The van der Waals surface area contributed by atoms with E-state index < -0.39 is 17.2 Å². The summed E-state index contributed by atoms with van der Waals surface area (Å²) >= 11 is 3.27. The molecule has 1 aromatic rings. The molecule has 1 fully saturated rings. The number of aliphatic carboxylic acids is 1. The Bertz CT molecular complexity index is 509. The highest BCUT2D eigenvalue weighted by Gasteiger charge is 2.49. The number of carboxylic acid groups (broad SMARTS) is 1. The van der Waals surface area contributed by atoms with E-state index in [2.05, 4.69) is 15.9 Å². The maximum absolute atomic E-state index is 13.9. The van der Waals surface area contributed by atoms with Crippen LogP contribution in [-0.4, -0.2) is 18.2 Å². The van der Waals surface area contributed by atoms with Gasteiger partial charge < -0.3 is 9.84 Å². The molecule has 2 rings (SSSR count). The van der Waals surface area contributed by atoms with Crippen LogP contribution in [0.5, 0.6) is 5.75 Å². The Morgan fingerprint density at radius 3 is 2.56 bits per heavy atom. The predicted octanol–water partition coefficient (Wildman–Crippen LogP) is 3.41. The number of carbonyl (C=O) groups is 1. The Labute approximate surface area is 113 Å². The molecule has 0 bridgehead atoms. The van der Waals surface area contributed by atoms with Crippen molar-refractivity contribution in [3.63, 3.8) is 0 Å². The summed E-state index contributed by atoms with van der Waals surface area (Å²) in [6.07, 6.45) is 1.88. The van der Waals surface area contributed by atoms with Crippen LogP contribution in [0.1, 0.15) is 30.4 Å². The van der Waals surface area contributed by atoms with E-state index in [-0.39, 0.29) is 5.75 Å². The van der Waals surface area contributed by atoms with Crippen molar-refractivity contribution in [2.24, 2.45) is 0 Å². The molecule has 0 spiro atoms. The molecule has 3 nitrogen and oxygen atoms in total. The number of carboxylic acids is 1. The van der Waals surface area contributed by atoms with Gasteiger partial charge in [-0.3, -0.25) is 4.79 Å². The van der Waals surface area contributed by atoms with Crippen molar-refractivity contribution in [1.29, 1.82) is 0 Å². The predicted molar refractivity (Wildman–Crippen MR) is 68.6 cm³/mol. The monoisotopic (exact) mass is 316 g/mol. The van der Waals surface area contributed by atoms with Gasteiger partial charge in [0.25, 0.3) is 0 Å². The molecule has 0 atom stereocenters. The number of benzene rings is 1. The first-order valence-corrected chi connectivity index (χ1v) is 6.50. The molecule has 0 saturated heterocycles. The standard InChI is InChI=1S/C13H14BrFO3/c1-7-8(14)6-9(15)11(18-2)10(7)13(12(16)17)4-3-5-13/h6H,3-5H2,1-2H3,(H,16,17). The summed E-state index contributed by atoms with van der Waals surface area (Å²) in [6.45, 7) is 1.78. The highest BCUT2D eigenvalue weighted by atomic mass is 79.9. The maximum Gasteiger partial charge on any atom is 0.314 e. The van der Waals surface area contributed by atoms with Gasteiger partial charge in [-0.05, 0) is 31.4 Å². The molecule has 98 valence electrons. The zero-order chi connectivity index (χ0) is 13.5. The second-order valence-electron chi connectivity index (χ2n) is 4.61. The van der Waals surface area contributed by atoms with Crippen LogP contribution in [0.15, 0.2) is 10.5 Å². The van der Waals surface area contributed by atoms with E-state index in [0.717, 1.165) is 12.0 Å². The number of rotatable bonds is 3. The van der Waals surface area contributed by atoms with Gasteiger partial charge in [-0.25, -0.2) is 4.39 Å². The van der Waals surface area contributed by atoms with Crippen LogP contribution < -0.4 is 4.74 Å². The fraction of sp³-hybridized carbons (Fsp3) is 0.462. The Morgan fingerprint density at radius 2 is 2.17 bits per heavy atom. The van der Waals surface area contributed by atoms with Crippen molar-refractivity contribution < 1.29 is 19.0 Å². The average Bonchev–Trinajstić information content (AvgIpc) is 2.23. The topological polar surface area (TPSA) is 46.5 Å². The molecule has 0 amide bonds. The van der Waals surface area contributed by atoms with Gasteiger partial charge in [-0.15, -0.1) is 0 Å². The van der Waals surface area contributed by atoms with Crippen LogP contribution in [-0.2, 0) is 10.2 Å². The van der Waals surface area contributed by atoms with E-state index >= 15 is 0 Å². The molecule has 1 aliphatic carbocycles. The van der Waals surface area contributed by atoms with Crippen LogP contribution in [0.3, 0.4) is 0 Å². The third kappa shape index (κ3) is 1.72. The number of methoxy groups -OCH3 is 1. The van der Waals surface area contributed by atoms with Gasteiger partial charge in [0.1, 0.15) is 0 Å². The molecule has 1 aliphatic rings. The SMILES string of the molecule is COc1c(F)cc(Br)c(C)c1C1(C(=O)O)CCC1. The molecule has 1 saturated carbocycles. The Balaban J connectivity index is 2.72. The molecule has 0 heterocycles. The van der Waals surface area contributed by atoms with E-state index in [9.17, 15) is 14.3 Å². The third-order valence-corrected chi connectivity index (χ3v) is 4.55. The fourth-order valence-corrected chi connectivity index (χ4v) is 2.97. The minimum absolute atomic E-state index is 0.0535. The van der Waals surface area contributed by atoms with Gasteiger partial charge in [0.2, 0.25) is 0 Å². The van der Waals surface area contributed by atoms with Crippen molar-refractivity contribution >= 4 is 21.9 Å². The third-order valence-electron chi connectivity index (χ3n) is 3.73. The first-order valence-electron chi connectivity index (χ1n) is 5.70. The smallest absolute Gasteiger partial charge is 0.314 e. The summed E-state index contributed by atoms with van der Waals surface area (Å²) in [5.74, 6) is -1.39. The number of ether oxygens (including phenoxy) is 1. The van der Waals surface area contributed by atoms with Crippen LogP contribution in [0.2, 0.25) is 0 Å². The summed E-state index contributed by atoms with van der Waals surface area (Å²) in [7, 11) is 1.36. The van der Waals surface area contributed by atoms with Crippen LogP contribution in [0, 0.1) is 12.7 Å². The normalized spacial score (nSPS) is 17.1. The van der Waals surface area contributed by atoms with Gasteiger partial charge in [-0.2, -0.15) is 0 Å². The molecule has 0 aliphatic heterocycles. The minimum atomic E-state index is -1.000. The second-order valence-corrected chi connectivity index (χ2v) is 5.47. The molecule has 0 radical (unpaired) electrons. The second kappa shape index (κ2) is 4.53. The van der Waals surface area contributed by atoms with Gasteiger partial charge in [0.15, 0.2) is 11.6 Å². The molecular weight excluding hydrogens is 303 g/mol. The van der Waals surface area contributed by atoms with E-state index in [4.69, 9.17) is 4.74 Å². The maximum atomic E-state index is 13.9. The summed E-state index contributed by atoms with van der Waals surface area (Å²) < 4.78 is 19.6. The molecule has 1 N–H and O–H groups in total. The van der Waals surface area contributed by atoms with Gasteiger partial charge in [0.05, 0.1) is 12.5 Å². The van der Waals surface area contributed by atoms with Gasteiger partial charge in [-0.1, -0.05) is 22.4 Å². The van der Waals surface area contributed by atoms with E-state index in [1.54, 1.807) is 6.92 Å². The summed E-state index contributed by atoms with van der Waals surface area (Å²) in [5, 5.41) is 9.47. The van der Waals surface area contributed by atoms with Gasteiger partial charge >= 0.3 is 5.97 Å². The summed E-state index contributed by atoms with van der Waals surface area (Å²) in [4.78, 5) is 11.6. The lowest BCUT2D eigenvalue weighted by Crippen LogP contribution is -2.43. The zero-order valence-corrected chi connectivity index (χ0v) is 11.8. The summed E-state index contributed by atoms with van der Waals surface area (Å²) in [5.41, 5.74) is 0.200. The Morgan fingerprint density at radius 1 is 1.56 bits per heavy atom. The molecule has 1 aromatic carbocycles. The Hall–Kier alpha value is -1.10. The molecule has 0 unspecified atom stereocenters. The van der Waals surface area contributed by atoms with Crippen LogP contribution >= 0.6 is 15.9 Å². The lowest BCUT2D eigenvalue weighted by Gasteiger charge is -2.40. The minimum Gasteiger partial charge on any atom is -0.493 e. The van der Waals surface area contributed by atoms with Crippen molar-refractivity contribution in [3.05, 3.63) is 27.5 Å². The lowest BCUT2D eigenvalue weighted by molar-refractivity contribution is -0.147. The lowest BCUT2D eigenvalue weighted by atomic mass is 9.63. The largest absolute Gasteiger partial charge is 0.493 e. The van der Waals surface area contributed by atoms with Crippen LogP contribution in [0.4, 0.5) is 4.39 Å². The zero-order valence-electron chi connectivity index (χ0n) is 10.2. The summed E-state index contributed by atoms with van der Waals surface area (Å²) in [6, 6.07) is 1.31. The highest BCUT2D eigenvalue weighted by molar-refractivity contribution is 9.10. The Kier molecular flexibility index (Phi) is 3.36. The molecule has 0 aromatic heterocycles. The van der Waals surface area contributed by atoms with Crippen molar-refractivity contribution in [2.45, 2.75) is 31.6 Å². The molecule has 18 heavy (non-hydrogen) atoms. The van der Waals surface area contributed by atoms with Gasteiger partial charge in [0, 0.05) is 10.0 Å². The van der Waals surface area contributed by atoms with E-state index in [1.807, 2.05) is 0 Å². The fourth-order valence-electron chi connectivity index (χ4n) is 2.57. The van der Waals surface area contributed by atoms with Crippen LogP contribution in [0.25, 0.3) is 0 Å². The number of hydrogen-bond donors (Lipinski definition) is 1. The number of halogens is 2. The number of hydrogen-bond acceptors (Lipinski definition) is 2. The molecular formula is C13H14BrFO3.